The number of nitrogens with zero attached hydrogens (tertiary/aromatic N) is 4. The summed E-state index contributed by atoms with van der Waals surface area (Å²) in [5.41, 5.74) is 3.17. The number of urea groups is 1. The van der Waals surface area contributed by atoms with Crippen LogP contribution >= 0.6 is 0 Å². The van der Waals surface area contributed by atoms with Gasteiger partial charge in [0.15, 0.2) is 0 Å². The van der Waals surface area contributed by atoms with E-state index in [-0.39, 0.29) is 18.2 Å². The maximum Gasteiger partial charge on any atom is 0.320 e. The molecule has 0 aliphatic carbocycles. The lowest BCUT2D eigenvalue weighted by Gasteiger charge is -2.16. The molecule has 2 N–H and O–H groups in total. The zero-order valence-corrected chi connectivity index (χ0v) is 20.1. The van der Waals surface area contributed by atoms with Crippen LogP contribution in [0.15, 0.2) is 61.3 Å². The van der Waals surface area contributed by atoms with Crippen molar-refractivity contribution in [3.05, 3.63) is 66.9 Å². The lowest BCUT2D eigenvalue weighted by atomic mass is 10.1. The van der Waals surface area contributed by atoms with Crippen LogP contribution < -0.4 is 15.4 Å². The molecule has 2 atom stereocenters. The van der Waals surface area contributed by atoms with Crippen LogP contribution in [0.2, 0.25) is 0 Å². The van der Waals surface area contributed by atoms with Gasteiger partial charge in [-0.15, -0.1) is 6.58 Å². The average Bonchev–Trinajstić information content (AvgIpc) is 3.43. The summed E-state index contributed by atoms with van der Waals surface area (Å²) in [7, 11) is 3.21. The van der Waals surface area contributed by atoms with E-state index in [9.17, 15) is 4.79 Å². The normalized spacial score (nSPS) is 17.8. The Morgan fingerprint density at radius 1 is 1.29 bits per heavy atom. The smallest absolute Gasteiger partial charge is 0.320 e. The van der Waals surface area contributed by atoms with Crippen LogP contribution in [0, 0.1) is 6.92 Å². The first-order chi connectivity index (χ1) is 17.0. The number of carbonyl (C=O) groups excluding carboxylic acids is 1. The standard InChI is InChI=1S/C25H30N6O4/c1-5-21-20(16-30(35-21)13-14-33-3)27-25(32)28-24-17(2)23(18-11-12-26-22(15-18)34-4)29-31(24)19-9-7-6-8-10-19/h5-12,15,20-21H,1,13-14,16H2,2-4H3,(H2,27,28,32)/t20-,21+/m1/s1. The minimum atomic E-state index is -0.363. The minimum Gasteiger partial charge on any atom is -0.481 e. The number of amides is 2. The predicted molar refractivity (Wildman–Crippen MR) is 133 cm³/mol. The van der Waals surface area contributed by atoms with Crippen LogP contribution in [-0.4, -0.2) is 71.9 Å². The summed E-state index contributed by atoms with van der Waals surface area (Å²) in [6, 6.07) is 12.7. The van der Waals surface area contributed by atoms with Crippen LogP contribution in [0.4, 0.5) is 10.6 Å². The van der Waals surface area contributed by atoms with Crippen molar-refractivity contribution >= 4 is 11.8 Å². The summed E-state index contributed by atoms with van der Waals surface area (Å²) in [5.74, 6) is 1.04. The van der Waals surface area contributed by atoms with Gasteiger partial charge in [0.1, 0.15) is 11.9 Å². The van der Waals surface area contributed by atoms with Crippen molar-refractivity contribution in [3.63, 3.8) is 0 Å². The average molecular weight is 479 g/mol. The highest BCUT2D eigenvalue weighted by Gasteiger charge is 2.33. The summed E-state index contributed by atoms with van der Waals surface area (Å²) in [6.45, 7) is 7.40. The number of rotatable bonds is 9. The first-order valence-corrected chi connectivity index (χ1v) is 11.3. The van der Waals surface area contributed by atoms with E-state index in [1.165, 1.54) is 0 Å². The Morgan fingerprint density at radius 2 is 2.09 bits per heavy atom. The molecule has 2 amide bonds. The molecular weight excluding hydrogens is 448 g/mol. The molecule has 4 rings (SSSR count). The fourth-order valence-electron chi connectivity index (χ4n) is 3.94. The molecule has 35 heavy (non-hydrogen) atoms. The van der Waals surface area contributed by atoms with Crippen LogP contribution in [0.3, 0.4) is 0 Å². The van der Waals surface area contributed by atoms with Gasteiger partial charge in [0.05, 0.1) is 31.1 Å². The number of nitrogens with one attached hydrogen (secondary N) is 2. The molecule has 184 valence electrons. The van der Waals surface area contributed by atoms with Crippen LogP contribution in [0.5, 0.6) is 5.88 Å². The van der Waals surface area contributed by atoms with Gasteiger partial charge < -0.3 is 14.8 Å². The molecule has 10 heteroatoms. The monoisotopic (exact) mass is 478 g/mol. The number of benzene rings is 1. The molecule has 0 unspecified atom stereocenters. The number of carbonyl (C=O) groups is 1. The zero-order chi connectivity index (χ0) is 24.8. The van der Waals surface area contributed by atoms with Gasteiger partial charge in [-0.25, -0.2) is 14.5 Å². The Hall–Kier alpha value is -3.73. The molecule has 0 spiro atoms. The lowest BCUT2D eigenvalue weighted by Crippen LogP contribution is -2.44. The molecule has 0 bridgehead atoms. The second kappa shape index (κ2) is 11.1. The topological polar surface area (TPSA) is 103 Å². The van der Waals surface area contributed by atoms with Crippen molar-refractivity contribution in [2.24, 2.45) is 0 Å². The van der Waals surface area contributed by atoms with E-state index in [0.717, 1.165) is 16.8 Å². The second-order valence-electron chi connectivity index (χ2n) is 8.05. The summed E-state index contributed by atoms with van der Waals surface area (Å²) in [6.07, 6.45) is 3.02. The van der Waals surface area contributed by atoms with Gasteiger partial charge in [0.2, 0.25) is 5.88 Å². The van der Waals surface area contributed by atoms with Gasteiger partial charge >= 0.3 is 6.03 Å². The minimum absolute atomic E-state index is 0.262. The van der Waals surface area contributed by atoms with Gasteiger partial charge in [0.25, 0.3) is 0 Å². The summed E-state index contributed by atoms with van der Waals surface area (Å²) in [4.78, 5) is 23.1. The largest absolute Gasteiger partial charge is 0.481 e. The number of para-hydroxylation sites is 1. The molecule has 1 aliphatic rings. The van der Waals surface area contributed by atoms with E-state index in [0.29, 0.717) is 37.1 Å². The first-order valence-electron chi connectivity index (χ1n) is 11.3. The molecule has 3 heterocycles. The van der Waals surface area contributed by atoms with Gasteiger partial charge in [0, 0.05) is 43.6 Å². The van der Waals surface area contributed by atoms with E-state index in [4.69, 9.17) is 19.4 Å². The van der Waals surface area contributed by atoms with Crippen LogP contribution in [0.1, 0.15) is 5.56 Å². The Bertz CT molecular complexity index is 1170. The second-order valence-corrected chi connectivity index (χ2v) is 8.05. The van der Waals surface area contributed by atoms with Crippen molar-refractivity contribution in [1.29, 1.82) is 0 Å². The maximum atomic E-state index is 13.1. The zero-order valence-electron chi connectivity index (χ0n) is 20.1. The van der Waals surface area contributed by atoms with E-state index >= 15 is 0 Å². The third-order valence-corrected chi connectivity index (χ3v) is 5.73. The lowest BCUT2D eigenvalue weighted by molar-refractivity contribution is -0.139. The van der Waals surface area contributed by atoms with E-state index in [1.807, 2.05) is 49.4 Å². The number of hydrogen-bond donors (Lipinski definition) is 2. The SMILES string of the molecule is C=C[C@@H]1ON(CCOC)C[C@H]1NC(=O)Nc1c(C)c(-c2ccnc(OC)c2)nn1-c1ccccc1. The fraction of sp³-hybridized carbons (Fsp3) is 0.320. The number of methoxy groups -OCH3 is 2. The van der Waals surface area contributed by atoms with Crippen LogP contribution in [0.25, 0.3) is 16.9 Å². The summed E-state index contributed by atoms with van der Waals surface area (Å²) in [5, 5.41) is 12.6. The van der Waals surface area contributed by atoms with E-state index < -0.39 is 0 Å². The molecule has 1 aromatic carbocycles. The molecule has 1 aliphatic heterocycles. The van der Waals surface area contributed by atoms with Gasteiger partial charge in [-0.05, 0) is 25.1 Å². The van der Waals surface area contributed by atoms with Crippen molar-refractivity contribution < 1.29 is 19.1 Å². The summed E-state index contributed by atoms with van der Waals surface area (Å²) >= 11 is 0. The first kappa shape index (κ1) is 24.4. The molecule has 0 radical (unpaired) electrons. The Morgan fingerprint density at radius 3 is 2.80 bits per heavy atom. The predicted octanol–water partition coefficient (Wildman–Crippen LogP) is 3.19. The number of hydroxylamine groups is 2. The highest BCUT2D eigenvalue weighted by molar-refractivity contribution is 5.91. The Labute approximate surface area is 204 Å². The molecule has 1 fully saturated rings. The van der Waals surface area contributed by atoms with Gasteiger partial charge in [-0.3, -0.25) is 10.2 Å². The fourth-order valence-corrected chi connectivity index (χ4v) is 3.94. The molecule has 2 aromatic heterocycles. The van der Waals surface area contributed by atoms with Crippen molar-refractivity contribution in [3.8, 4) is 22.8 Å². The van der Waals surface area contributed by atoms with E-state index in [2.05, 4.69) is 22.2 Å². The quantitative estimate of drug-likeness (QED) is 0.455. The highest BCUT2D eigenvalue weighted by Crippen LogP contribution is 2.31. The maximum absolute atomic E-state index is 13.1. The van der Waals surface area contributed by atoms with Crippen molar-refractivity contribution in [2.45, 2.75) is 19.1 Å². The molecule has 0 saturated carbocycles. The third kappa shape index (κ3) is 5.51. The summed E-state index contributed by atoms with van der Waals surface area (Å²) < 4.78 is 12.1. The van der Waals surface area contributed by atoms with Crippen LogP contribution in [-0.2, 0) is 9.57 Å². The molecule has 1 saturated heterocycles. The van der Waals surface area contributed by atoms with Gasteiger partial charge in [-0.2, -0.15) is 10.2 Å². The number of pyridine rings is 1. The number of ether oxygens (including phenoxy) is 2. The third-order valence-electron chi connectivity index (χ3n) is 5.73. The van der Waals surface area contributed by atoms with Crippen molar-refractivity contribution in [2.75, 3.05) is 39.2 Å². The number of aromatic nitrogens is 3. The number of hydrogen-bond acceptors (Lipinski definition) is 7. The van der Waals surface area contributed by atoms with E-state index in [1.54, 1.807) is 36.2 Å². The Balaban J connectivity index is 1.60. The van der Waals surface area contributed by atoms with Gasteiger partial charge in [-0.1, -0.05) is 24.3 Å². The highest BCUT2D eigenvalue weighted by atomic mass is 16.7. The number of anilines is 1. The van der Waals surface area contributed by atoms with Crippen molar-refractivity contribution in [1.82, 2.24) is 25.1 Å². The molecule has 3 aromatic rings. The molecular formula is C25H30N6O4. The Kier molecular flexibility index (Phi) is 7.76. The molecule has 10 nitrogen and oxygen atoms in total.